The lowest BCUT2D eigenvalue weighted by Gasteiger charge is -2.28. The van der Waals surface area contributed by atoms with Crippen molar-refractivity contribution in [1.82, 2.24) is 5.32 Å². The highest BCUT2D eigenvalue weighted by Crippen LogP contribution is 2.31. The fourth-order valence-corrected chi connectivity index (χ4v) is 3.16. The maximum atomic E-state index is 12.6. The summed E-state index contributed by atoms with van der Waals surface area (Å²) in [5.74, 6) is 0.627. The predicted octanol–water partition coefficient (Wildman–Crippen LogP) is 3.60. The summed E-state index contributed by atoms with van der Waals surface area (Å²) in [5.41, 5.74) is 3.37. The van der Waals surface area contributed by atoms with E-state index in [9.17, 15) is 9.59 Å². The minimum absolute atomic E-state index is 0.0155. The SMILES string of the molecule is CCOc1ccc(C(=O)N=C2C=CC3C(=C2)NC(=O)C(C)=C3C)cc1OCC. The van der Waals surface area contributed by atoms with E-state index in [-0.39, 0.29) is 17.7 Å². The van der Waals surface area contributed by atoms with Crippen LogP contribution in [-0.4, -0.2) is 30.7 Å². The molecule has 0 fully saturated rings. The number of carbonyl (C=O) groups excluding carboxylic acids is 2. The number of hydrogen-bond acceptors (Lipinski definition) is 4. The number of rotatable bonds is 5. The van der Waals surface area contributed by atoms with Gasteiger partial charge in [0.05, 0.1) is 18.9 Å². The Morgan fingerprint density at radius 2 is 1.86 bits per heavy atom. The molecule has 1 aliphatic carbocycles. The minimum Gasteiger partial charge on any atom is -0.490 e. The molecule has 28 heavy (non-hydrogen) atoms. The summed E-state index contributed by atoms with van der Waals surface area (Å²) in [6, 6.07) is 5.02. The smallest absolute Gasteiger partial charge is 0.277 e. The highest BCUT2D eigenvalue weighted by Gasteiger charge is 2.27. The number of carbonyl (C=O) groups is 2. The number of aliphatic imine (C=N–C) groups is 1. The average Bonchev–Trinajstić information content (AvgIpc) is 2.68. The van der Waals surface area contributed by atoms with Crippen LogP contribution in [-0.2, 0) is 4.79 Å². The van der Waals surface area contributed by atoms with Gasteiger partial charge in [-0.3, -0.25) is 9.59 Å². The number of amides is 2. The van der Waals surface area contributed by atoms with Gasteiger partial charge in [-0.15, -0.1) is 0 Å². The van der Waals surface area contributed by atoms with Crippen molar-refractivity contribution in [2.45, 2.75) is 27.7 Å². The van der Waals surface area contributed by atoms with Crippen molar-refractivity contribution < 1.29 is 19.1 Å². The van der Waals surface area contributed by atoms with Crippen LogP contribution in [0, 0.1) is 5.92 Å². The third kappa shape index (κ3) is 3.91. The van der Waals surface area contributed by atoms with Gasteiger partial charge >= 0.3 is 0 Å². The molecule has 1 heterocycles. The second kappa shape index (κ2) is 8.25. The van der Waals surface area contributed by atoms with Crippen molar-refractivity contribution in [2.24, 2.45) is 10.9 Å². The normalized spacial score (nSPS) is 19.9. The molecule has 0 saturated carbocycles. The van der Waals surface area contributed by atoms with Crippen LogP contribution in [0.15, 0.2) is 58.3 Å². The zero-order valence-electron chi connectivity index (χ0n) is 16.5. The molecule has 1 unspecified atom stereocenters. The largest absolute Gasteiger partial charge is 0.490 e. The van der Waals surface area contributed by atoms with Crippen LogP contribution in [0.25, 0.3) is 0 Å². The average molecular weight is 380 g/mol. The molecule has 2 aliphatic rings. The fraction of sp³-hybridized carbons (Fsp3) is 0.318. The lowest BCUT2D eigenvalue weighted by Crippen LogP contribution is -2.35. The molecule has 1 N–H and O–H groups in total. The summed E-state index contributed by atoms with van der Waals surface area (Å²) < 4.78 is 11.1. The third-order valence-electron chi connectivity index (χ3n) is 4.78. The Morgan fingerprint density at radius 1 is 1.14 bits per heavy atom. The Labute approximate surface area is 164 Å². The molecular weight excluding hydrogens is 356 g/mol. The molecule has 1 aromatic rings. The zero-order chi connectivity index (χ0) is 20.3. The van der Waals surface area contributed by atoms with Gasteiger partial charge in [-0.25, -0.2) is 4.99 Å². The number of fused-ring (bicyclic) bond motifs is 1. The van der Waals surface area contributed by atoms with Gasteiger partial charge in [0.1, 0.15) is 0 Å². The second-order valence-electron chi connectivity index (χ2n) is 6.57. The first kappa shape index (κ1) is 19.6. The summed E-state index contributed by atoms with van der Waals surface area (Å²) in [6.45, 7) is 8.49. The second-order valence-corrected chi connectivity index (χ2v) is 6.57. The van der Waals surface area contributed by atoms with Gasteiger partial charge in [-0.2, -0.15) is 0 Å². The number of nitrogens with zero attached hydrogens (tertiary/aromatic N) is 1. The Balaban J connectivity index is 1.86. The van der Waals surface area contributed by atoms with E-state index in [1.807, 2.05) is 33.8 Å². The van der Waals surface area contributed by atoms with Crippen LogP contribution in [0.4, 0.5) is 0 Å². The van der Waals surface area contributed by atoms with Gasteiger partial charge < -0.3 is 14.8 Å². The summed E-state index contributed by atoms with van der Waals surface area (Å²) in [4.78, 5) is 28.9. The first-order valence-electron chi connectivity index (χ1n) is 9.35. The molecule has 6 heteroatoms. The van der Waals surface area contributed by atoms with E-state index in [0.29, 0.717) is 36.0 Å². The van der Waals surface area contributed by atoms with E-state index in [0.717, 1.165) is 16.8 Å². The molecular formula is C22H24N2O4. The summed E-state index contributed by atoms with van der Waals surface area (Å²) >= 11 is 0. The van der Waals surface area contributed by atoms with Crippen LogP contribution in [0.1, 0.15) is 38.1 Å². The lowest BCUT2D eigenvalue weighted by molar-refractivity contribution is -0.117. The molecule has 0 radical (unpaired) electrons. The molecule has 0 saturated heterocycles. The molecule has 3 rings (SSSR count). The van der Waals surface area contributed by atoms with Crippen LogP contribution in [0.5, 0.6) is 11.5 Å². The molecule has 1 aliphatic heterocycles. The maximum absolute atomic E-state index is 12.6. The zero-order valence-corrected chi connectivity index (χ0v) is 16.5. The van der Waals surface area contributed by atoms with Crippen LogP contribution in [0.3, 0.4) is 0 Å². The van der Waals surface area contributed by atoms with Gasteiger partial charge in [0.25, 0.3) is 11.8 Å². The van der Waals surface area contributed by atoms with Gasteiger partial charge in [0.2, 0.25) is 0 Å². The Kier molecular flexibility index (Phi) is 5.78. The summed E-state index contributed by atoms with van der Waals surface area (Å²) in [6.07, 6.45) is 5.50. The number of benzene rings is 1. The summed E-state index contributed by atoms with van der Waals surface area (Å²) in [5, 5.41) is 2.87. The quantitative estimate of drug-likeness (QED) is 0.847. The topological polar surface area (TPSA) is 77.0 Å². The van der Waals surface area contributed by atoms with E-state index in [1.165, 1.54) is 0 Å². The Hall–Kier alpha value is -3.15. The number of hydrogen-bond donors (Lipinski definition) is 1. The molecule has 0 spiro atoms. The van der Waals surface area contributed by atoms with Crippen molar-refractivity contribution in [3.63, 3.8) is 0 Å². The molecule has 1 aromatic carbocycles. The van der Waals surface area contributed by atoms with Gasteiger partial charge in [-0.1, -0.05) is 11.6 Å². The molecule has 2 amide bonds. The highest BCUT2D eigenvalue weighted by molar-refractivity contribution is 6.14. The Morgan fingerprint density at radius 3 is 2.57 bits per heavy atom. The van der Waals surface area contributed by atoms with Crippen LogP contribution < -0.4 is 14.8 Å². The van der Waals surface area contributed by atoms with Crippen molar-refractivity contribution in [1.29, 1.82) is 0 Å². The fourth-order valence-electron chi connectivity index (χ4n) is 3.16. The van der Waals surface area contributed by atoms with Crippen molar-refractivity contribution >= 4 is 17.5 Å². The number of ether oxygens (including phenoxy) is 2. The molecule has 6 nitrogen and oxygen atoms in total. The monoisotopic (exact) mass is 380 g/mol. The number of nitrogens with one attached hydrogen (secondary N) is 1. The molecule has 1 atom stereocenters. The van der Waals surface area contributed by atoms with E-state index in [4.69, 9.17) is 9.47 Å². The van der Waals surface area contributed by atoms with Crippen LogP contribution >= 0.6 is 0 Å². The van der Waals surface area contributed by atoms with E-state index in [1.54, 1.807) is 30.4 Å². The van der Waals surface area contributed by atoms with Crippen molar-refractivity contribution in [3.05, 3.63) is 58.8 Å². The van der Waals surface area contributed by atoms with E-state index in [2.05, 4.69) is 10.3 Å². The van der Waals surface area contributed by atoms with Gasteiger partial charge in [0, 0.05) is 22.8 Å². The first-order chi connectivity index (χ1) is 13.4. The van der Waals surface area contributed by atoms with Gasteiger partial charge in [-0.05, 0) is 58.0 Å². The van der Waals surface area contributed by atoms with Crippen molar-refractivity contribution in [3.8, 4) is 11.5 Å². The lowest BCUT2D eigenvalue weighted by atomic mass is 9.85. The molecule has 146 valence electrons. The van der Waals surface area contributed by atoms with Crippen molar-refractivity contribution in [2.75, 3.05) is 13.2 Å². The minimum atomic E-state index is -0.385. The highest BCUT2D eigenvalue weighted by atomic mass is 16.5. The van der Waals surface area contributed by atoms with E-state index >= 15 is 0 Å². The van der Waals surface area contributed by atoms with Gasteiger partial charge in [0.15, 0.2) is 11.5 Å². The predicted molar refractivity (Wildman–Crippen MR) is 108 cm³/mol. The molecule has 0 aromatic heterocycles. The van der Waals surface area contributed by atoms with Crippen LogP contribution in [0.2, 0.25) is 0 Å². The maximum Gasteiger partial charge on any atom is 0.277 e. The standard InChI is InChI=1S/C22H24N2O4/c1-5-27-19-10-7-15(11-20(19)28-6-2)22(26)23-16-8-9-17-13(3)14(4)21(25)24-18(17)12-16/h7-12,17H,5-6H2,1-4H3,(H,24,25). The molecule has 0 bridgehead atoms. The number of allylic oxidation sites excluding steroid dienone is 3. The Bertz CT molecular complexity index is 938. The summed E-state index contributed by atoms with van der Waals surface area (Å²) in [7, 11) is 0. The first-order valence-corrected chi connectivity index (χ1v) is 9.35. The third-order valence-corrected chi connectivity index (χ3v) is 4.78. The van der Waals surface area contributed by atoms with E-state index < -0.39 is 0 Å².